The van der Waals surface area contributed by atoms with Crippen LogP contribution < -0.4 is 5.69 Å². The van der Waals surface area contributed by atoms with E-state index in [-0.39, 0.29) is 17.6 Å². The average Bonchev–Trinajstić information content (AvgIpc) is 3.12. The Balaban J connectivity index is 1.43. The Morgan fingerprint density at radius 3 is 2.79 bits per heavy atom. The van der Waals surface area contributed by atoms with Crippen LogP contribution >= 0.6 is 0 Å². The second kappa shape index (κ2) is 8.27. The topological polar surface area (TPSA) is 97.6 Å². The molecule has 1 amide bonds. The number of H-pyrrole nitrogens is 3. The van der Waals surface area contributed by atoms with Gasteiger partial charge in [-0.25, -0.2) is 4.79 Å². The molecule has 2 aromatic heterocycles. The number of hydrogen-bond donors (Lipinski definition) is 3. The van der Waals surface area contributed by atoms with Crippen molar-refractivity contribution in [2.24, 2.45) is 0 Å². The summed E-state index contributed by atoms with van der Waals surface area (Å²) in [6, 6.07) is 6.05. The summed E-state index contributed by atoms with van der Waals surface area (Å²) in [5.74, 6) is 0.230. The summed E-state index contributed by atoms with van der Waals surface area (Å²) < 4.78 is 0. The first kappa shape index (κ1) is 19.5. The Hall–Kier alpha value is -2.83. The van der Waals surface area contributed by atoms with E-state index in [1.807, 2.05) is 32.0 Å². The van der Waals surface area contributed by atoms with Crippen molar-refractivity contribution in [2.45, 2.75) is 64.8 Å². The van der Waals surface area contributed by atoms with Crippen LogP contribution in [0.4, 0.5) is 0 Å². The van der Waals surface area contributed by atoms with Crippen molar-refractivity contribution in [2.75, 3.05) is 6.54 Å². The van der Waals surface area contributed by atoms with E-state index < -0.39 is 0 Å². The van der Waals surface area contributed by atoms with Gasteiger partial charge in [-0.15, -0.1) is 0 Å². The lowest BCUT2D eigenvalue weighted by atomic mass is 9.98. The van der Waals surface area contributed by atoms with Gasteiger partial charge in [0.05, 0.1) is 22.8 Å². The maximum Gasteiger partial charge on any atom is 0.323 e. The molecule has 3 N–H and O–H groups in total. The van der Waals surface area contributed by atoms with Gasteiger partial charge in [-0.1, -0.05) is 18.9 Å². The van der Waals surface area contributed by atoms with Gasteiger partial charge in [0.2, 0.25) is 5.91 Å². The molecule has 1 atom stereocenters. The maximum absolute atomic E-state index is 13.1. The fraction of sp³-hybridized carbons (Fsp3) is 0.500. The summed E-state index contributed by atoms with van der Waals surface area (Å²) in [5, 5.41) is 7.43. The van der Waals surface area contributed by atoms with E-state index >= 15 is 0 Å². The lowest BCUT2D eigenvalue weighted by molar-refractivity contribution is -0.133. The van der Waals surface area contributed by atoms with Gasteiger partial charge < -0.3 is 14.9 Å². The molecule has 0 aliphatic carbocycles. The van der Waals surface area contributed by atoms with Crippen LogP contribution in [-0.4, -0.2) is 37.5 Å². The summed E-state index contributed by atoms with van der Waals surface area (Å²) >= 11 is 0. The van der Waals surface area contributed by atoms with Crippen LogP contribution in [0.25, 0.3) is 11.0 Å². The van der Waals surface area contributed by atoms with E-state index in [4.69, 9.17) is 0 Å². The van der Waals surface area contributed by atoms with Gasteiger partial charge in [0.1, 0.15) is 0 Å². The molecule has 29 heavy (non-hydrogen) atoms. The van der Waals surface area contributed by atoms with Crippen LogP contribution in [0.3, 0.4) is 0 Å². The number of likely N-dealkylation sites (tertiary alicyclic amines) is 1. The smallest absolute Gasteiger partial charge is 0.323 e. The zero-order chi connectivity index (χ0) is 20.4. The lowest BCUT2D eigenvalue weighted by Crippen LogP contribution is -2.35. The molecule has 1 aliphatic rings. The number of nitrogens with zero attached hydrogens (tertiary/aromatic N) is 2. The fourth-order valence-corrected chi connectivity index (χ4v) is 4.58. The molecule has 7 heteroatoms. The number of hydrogen-bond acceptors (Lipinski definition) is 3. The van der Waals surface area contributed by atoms with Gasteiger partial charge in [-0.2, -0.15) is 5.10 Å². The number of carbonyl (C=O) groups excluding carboxylic acids is 1. The van der Waals surface area contributed by atoms with Crippen molar-refractivity contribution >= 4 is 16.9 Å². The molecule has 4 rings (SSSR count). The van der Waals surface area contributed by atoms with E-state index in [1.54, 1.807) is 0 Å². The fourth-order valence-electron chi connectivity index (χ4n) is 4.58. The van der Waals surface area contributed by atoms with Gasteiger partial charge in [0.25, 0.3) is 0 Å². The summed E-state index contributed by atoms with van der Waals surface area (Å²) in [7, 11) is 0. The third-order valence-corrected chi connectivity index (χ3v) is 6.03. The largest absolute Gasteiger partial charge is 0.336 e. The second-order valence-electron chi connectivity index (χ2n) is 8.11. The number of carbonyl (C=O) groups is 1. The zero-order valence-electron chi connectivity index (χ0n) is 17.2. The number of amides is 1. The van der Waals surface area contributed by atoms with E-state index in [1.165, 1.54) is 12.0 Å². The predicted molar refractivity (Wildman–Crippen MR) is 113 cm³/mol. The van der Waals surface area contributed by atoms with Gasteiger partial charge in [0.15, 0.2) is 0 Å². The van der Waals surface area contributed by atoms with Crippen LogP contribution in [0, 0.1) is 13.8 Å². The van der Waals surface area contributed by atoms with Gasteiger partial charge in [-0.3, -0.25) is 9.89 Å². The van der Waals surface area contributed by atoms with Crippen molar-refractivity contribution in [3.63, 3.8) is 0 Å². The van der Waals surface area contributed by atoms with Crippen molar-refractivity contribution in [1.82, 2.24) is 25.1 Å². The van der Waals surface area contributed by atoms with Crippen LogP contribution in [0.5, 0.6) is 0 Å². The quantitative estimate of drug-likeness (QED) is 0.615. The number of aromatic nitrogens is 4. The van der Waals surface area contributed by atoms with E-state index in [0.717, 1.165) is 66.6 Å². The maximum atomic E-state index is 13.1. The van der Waals surface area contributed by atoms with Crippen molar-refractivity contribution in [1.29, 1.82) is 0 Å². The minimum Gasteiger partial charge on any atom is -0.336 e. The Labute approximate surface area is 169 Å². The molecule has 0 saturated carbocycles. The molecule has 0 bridgehead atoms. The number of rotatable bonds is 5. The number of benzene rings is 1. The molecule has 3 heterocycles. The Kier molecular flexibility index (Phi) is 5.56. The molecule has 1 unspecified atom stereocenters. The Bertz CT molecular complexity index is 1040. The minimum atomic E-state index is -0.190. The monoisotopic (exact) mass is 395 g/mol. The highest BCUT2D eigenvalue weighted by Crippen LogP contribution is 2.33. The molecule has 1 aromatic carbocycles. The SMILES string of the molecule is Cc1n[nH]c(C)c1C1CCCCCN1C(=O)CCCc1ccc2[nH]c(=O)[nH]c2c1. The molecular formula is C22H29N5O2. The molecular weight excluding hydrogens is 366 g/mol. The van der Waals surface area contributed by atoms with Crippen molar-refractivity contribution in [3.8, 4) is 0 Å². The Morgan fingerprint density at radius 1 is 1.17 bits per heavy atom. The normalized spacial score (nSPS) is 17.6. The molecule has 7 nitrogen and oxygen atoms in total. The highest BCUT2D eigenvalue weighted by molar-refractivity contribution is 5.77. The first-order valence-electron chi connectivity index (χ1n) is 10.5. The first-order chi connectivity index (χ1) is 14.0. The molecule has 1 saturated heterocycles. The standard InChI is InChI=1S/C22H29N5O2/c1-14-21(15(2)26-25-14)19-8-4-3-5-12-27(19)20(28)9-6-7-16-10-11-17-18(13-16)24-22(29)23-17/h10-11,13,19H,3-9,12H2,1-2H3,(H,25,26)(H2,23,24,29). The minimum absolute atomic E-state index is 0.130. The number of imidazole rings is 1. The molecule has 154 valence electrons. The summed E-state index contributed by atoms with van der Waals surface area (Å²) in [6.45, 7) is 4.89. The van der Waals surface area contributed by atoms with Crippen LogP contribution in [0.1, 0.15) is 67.1 Å². The van der Waals surface area contributed by atoms with Gasteiger partial charge in [0, 0.05) is 24.2 Å². The number of aryl methyl sites for hydroxylation is 3. The van der Waals surface area contributed by atoms with Gasteiger partial charge in [-0.05, 0) is 57.2 Å². The first-order valence-corrected chi connectivity index (χ1v) is 10.5. The van der Waals surface area contributed by atoms with E-state index in [0.29, 0.717) is 6.42 Å². The average molecular weight is 396 g/mol. The molecule has 1 fully saturated rings. The number of fused-ring (bicyclic) bond motifs is 1. The predicted octanol–water partition coefficient (Wildman–Crippen LogP) is 3.66. The highest BCUT2D eigenvalue weighted by Gasteiger charge is 2.29. The molecule has 0 radical (unpaired) electrons. The van der Waals surface area contributed by atoms with Crippen molar-refractivity contribution < 1.29 is 4.79 Å². The number of aromatic amines is 3. The highest BCUT2D eigenvalue weighted by atomic mass is 16.2. The van der Waals surface area contributed by atoms with Crippen LogP contribution in [-0.2, 0) is 11.2 Å². The zero-order valence-corrected chi connectivity index (χ0v) is 17.2. The second-order valence-corrected chi connectivity index (χ2v) is 8.11. The summed E-state index contributed by atoms with van der Waals surface area (Å²) in [6.07, 6.45) is 6.54. The lowest BCUT2D eigenvalue weighted by Gasteiger charge is -2.31. The summed E-state index contributed by atoms with van der Waals surface area (Å²) in [5.41, 5.74) is 5.84. The molecule has 1 aliphatic heterocycles. The Morgan fingerprint density at radius 2 is 2.00 bits per heavy atom. The van der Waals surface area contributed by atoms with E-state index in [9.17, 15) is 9.59 Å². The van der Waals surface area contributed by atoms with Gasteiger partial charge >= 0.3 is 5.69 Å². The van der Waals surface area contributed by atoms with E-state index in [2.05, 4.69) is 25.1 Å². The molecule has 3 aromatic rings. The third kappa shape index (κ3) is 4.13. The van der Waals surface area contributed by atoms with Crippen LogP contribution in [0.15, 0.2) is 23.0 Å². The third-order valence-electron chi connectivity index (χ3n) is 6.03. The number of nitrogens with one attached hydrogen (secondary N) is 3. The van der Waals surface area contributed by atoms with Crippen molar-refractivity contribution in [3.05, 3.63) is 51.2 Å². The van der Waals surface area contributed by atoms with Crippen LogP contribution in [0.2, 0.25) is 0 Å². The molecule has 0 spiro atoms. The summed E-state index contributed by atoms with van der Waals surface area (Å²) in [4.78, 5) is 32.2.